The van der Waals surface area contributed by atoms with E-state index in [-0.39, 0.29) is 17.4 Å². The van der Waals surface area contributed by atoms with Crippen LogP contribution >= 0.6 is 0 Å². The lowest BCUT2D eigenvalue weighted by atomic mass is 9.89. The summed E-state index contributed by atoms with van der Waals surface area (Å²) < 4.78 is 5.66. The van der Waals surface area contributed by atoms with E-state index in [2.05, 4.69) is 5.10 Å². The molecule has 3 rings (SSSR count). The highest BCUT2D eigenvalue weighted by Gasteiger charge is 2.28. The van der Waals surface area contributed by atoms with Crippen molar-refractivity contribution < 1.29 is 14.9 Å². The molecule has 102 valence electrons. The van der Waals surface area contributed by atoms with Gasteiger partial charge in [-0.05, 0) is 35.7 Å². The summed E-state index contributed by atoms with van der Waals surface area (Å²) in [6.45, 7) is 0. The van der Waals surface area contributed by atoms with Crippen LogP contribution in [-0.2, 0) is 6.42 Å². The predicted octanol–water partition coefficient (Wildman–Crippen LogP) is 2.09. The predicted molar refractivity (Wildman–Crippen MR) is 74.9 cm³/mol. The van der Waals surface area contributed by atoms with Crippen LogP contribution in [-0.4, -0.2) is 16.1 Å². The van der Waals surface area contributed by atoms with Gasteiger partial charge in [-0.3, -0.25) is 0 Å². The van der Waals surface area contributed by atoms with E-state index in [0.29, 0.717) is 18.1 Å². The second-order valence-electron chi connectivity index (χ2n) is 4.71. The number of phenols is 2. The molecule has 4 N–H and O–H groups in total. The van der Waals surface area contributed by atoms with E-state index in [1.54, 1.807) is 24.3 Å². The second kappa shape index (κ2) is 4.77. The molecule has 0 aliphatic carbocycles. The van der Waals surface area contributed by atoms with Gasteiger partial charge >= 0.3 is 0 Å². The summed E-state index contributed by atoms with van der Waals surface area (Å²) in [5.74, 6) is 6.63. The molecular weight excluding hydrogens is 256 g/mol. The summed E-state index contributed by atoms with van der Waals surface area (Å²) in [6, 6.07) is 11.9. The number of fused-ring (bicyclic) bond motifs is 1. The van der Waals surface area contributed by atoms with Crippen molar-refractivity contribution >= 4 is 5.90 Å². The van der Waals surface area contributed by atoms with Crippen molar-refractivity contribution in [2.24, 2.45) is 10.9 Å². The Labute approximate surface area is 115 Å². The number of hydrogen-bond donors (Lipinski definition) is 3. The van der Waals surface area contributed by atoms with Crippen molar-refractivity contribution in [3.63, 3.8) is 0 Å². The Bertz CT molecular complexity index is 665. The number of ether oxygens (including phenoxy) is 1. The first-order valence-corrected chi connectivity index (χ1v) is 6.24. The molecule has 0 saturated heterocycles. The van der Waals surface area contributed by atoms with Gasteiger partial charge in [0.25, 0.3) is 0 Å². The highest BCUT2D eigenvalue weighted by atomic mass is 16.5. The van der Waals surface area contributed by atoms with Crippen LogP contribution in [0.25, 0.3) is 0 Å². The number of benzene rings is 2. The molecule has 0 saturated carbocycles. The smallest absolute Gasteiger partial charge is 0.219 e. The Balaban J connectivity index is 2.00. The average molecular weight is 270 g/mol. The summed E-state index contributed by atoms with van der Waals surface area (Å²) in [7, 11) is 0. The van der Waals surface area contributed by atoms with E-state index in [1.165, 1.54) is 0 Å². The minimum absolute atomic E-state index is 0.0994. The number of hydrogen-bond acceptors (Lipinski definition) is 5. The van der Waals surface area contributed by atoms with Gasteiger partial charge in [-0.15, -0.1) is 5.10 Å². The molecule has 5 heteroatoms. The first-order valence-electron chi connectivity index (χ1n) is 6.24. The largest absolute Gasteiger partial charge is 0.508 e. The molecule has 2 aromatic carbocycles. The zero-order valence-electron chi connectivity index (χ0n) is 10.7. The Kier molecular flexibility index (Phi) is 2.95. The summed E-state index contributed by atoms with van der Waals surface area (Å²) in [5, 5.41) is 22.5. The van der Waals surface area contributed by atoms with E-state index in [9.17, 15) is 10.2 Å². The fraction of sp³-hybridized carbons (Fsp3) is 0.133. The molecule has 1 unspecified atom stereocenters. The van der Waals surface area contributed by atoms with E-state index < -0.39 is 0 Å². The second-order valence-corrected chi connectivity index (χ2v) is 4.71. The fourth-order valence-corrected chi connectivity index (χ4v) is 2.38. The molecule has 1 atom stereocenters. The topological polar surface area (TPSA) is 88.1 Å². The average Bonchev–Trinajstić information content (AvgIpc) is 2.46. The van der Waals surface area contributed by atoms with Crippen molar-refractivity contribution in [2.75, 3.05) is 0 Å². The van der Waals surface area contributed by atoms with Crippen LogP contribution in [0.1, 0.15) is 17.0 Å². The van der Waals surface area contributed by atoms with Crippen molar-refractivity contribution in [3.05, 3.63) is 53.6 Å². The minimum atomic E-state index is -0.0994. The van der Waals surface area contributed by atoms with Gasteiger partial charge in [0.05, 0.1) is 5.92 Å². The van der Waals surface area contributed by atoms with Crippen LogP contribution in [0.15, 0.2) is 47.6 Å². The molecule has 2 aromatic rings. The molecule has 0 spiro atoms. The molecule has 20 heavy (non-hydrogen) atoms. The number of rotatable bonds is 1. The third-order valence-electron chi connectivity index (χ3n) is 3.41. The zero-order chi connectivity index (χ0) is 14.1. The Hall–Kier alpha value is -2.69. The quantitative estimate of drug-likeness (QED) is 0.547. The van der Waals surface area contributed by atoms with Gasteiger partial charge < -0.3 is 20.8 Å². The van der Waals surface area contributed by atoms with E-state index >= 15 is 0 Å². The van der Waals surface area contributed by atoms with Gasteiger partial charge in [0.1, 0.15) is 17.2 Å². The zero-order valence-corrected chi connectivity index (χ0v) is 10.7. The number of hydrazone groups is 1. The number of phenolic OH excluding ortho intramolecular Hbond substituents is 2. The maximum atomic E-state index is 9.48. The van der Waals surface area contributed by atoms with E-state index in [1.807, 2.05) is 18.2 Å². The molecule has 0 aromatic heterocycles. The monoisotopic (exact) mass is 270 g/mol. The molecule has 5 nitrogen and oxygen atoms in total. The van der Waals surface area contributed by atoms with Crippen LogP contribution in [0.2, 0.25) is 0 Å². The van der Waals surface area contributed by atoms with Gasteiger partial charge in [-0.25, -0.2) is 0 Å². The van der Waals surface area contributed by atoms with Crippen LogP contribution in [0.4, 0.5) is 0 Å². The third kappa shape index (κ3) is 2.14. The van der Waals surface area contributed by atoms with Gasteiger partial charge in [0.15, 0.2) is 0 Å². The van der Waals surface area contributed by atoms with Gasteiger partial charge in [-0.1, -0.05) is 18.2 Å². The van der Waals surface area contributed by atoms with Gasteiger partial charge in [0.2, 0.25) is 5.90 Å². The molecule has 1 aliphatic heterocycles. The molecule has 0 bridgehead atoms. The standard InChI is InChI=1S/C15H14N2O3/c16-17-15-13(9-1-4-11(18)5-2-9)7-10-3-6-12(19)8-14(10)20-15/h1-6,8,13,18-19H,7,16H2. The first-order chi connectivity index (χ1) is 9.67. The van der Waals surface area contributed by atoms with E-state index in [4.69, 9.17) is 10.6 Å². The number of aromatic hydroxyl groups is 2. The van der Waals surface area contributed by atoms with Crippen molar-refractivity contribution in [2.45, 2.75) is 12.3 Å². The van der Waals surface area contributed by atoms with Crippen LogP contribution in [0, 0.1) is 0 Å². The lowest BCUT2D eigenvalue weighted by Crippen LogP contribution is -2.27. The Morgan fingerprint density at radius 1 is 1.05 bits per heavy atom. The van der Waals surface area contributed by atoms with Crippen molar-refractivity contribution in [1.29, 1.82) is 0 Å². The SMILES string of the molecule is NN=C1Oc2cc(O)ccc2CC1c1ccc(O)cc1. The molecule has 1 aliphatic rings. The van der Waals surface area contributed by atoms with Crippen molar-refractivity contribution in [3.8, 4) is 17.2 Å². The maximum Gasteiger partial charge on any atom is 0.219 e. The minimum Gasteiger partial charge on any atom is -0.508 e. The fourth-order valence-electron chi connectivity index (χ4n) is 2.38. The molecule has 0 fully saturated rings. The summed E-state index contributed by atoms with van der Waals surface area (Å²) >= 11 is 0. The van der Waals surface area contributed by atoms with Crippen LogP contribution in [0.3, 0.4) is 0 Å². The number of nitrogens with zero attached hydrogens (tertiary/aromatic N) is 1. The highest BCUT2D eigenvalue weighted by molar-refractivity contribution is 5.87. The summed E-state index contributed by atoms with van der Waals surface area (Å²) in [6.07, 6.45) is 0.677. The first kappa shape index (κ1) is 12.3. The molecule has 1 heterocycles. The van der Waals surface area contributed by atoms with Gasteiger partial charge in [0, 0.05) is 6.07 Å². The molecule has 0 amide bonds. The van der Waals surface area contributed by atoms with Crippen LogP contribution in [0.5, 0.6) is 17.2 Å². The maximum absolute atomic E-state index is 9.48. The molecule has 0 radical (unpaired) electrons. The number of nitrogens with two attached hydrogens (primary N) is 1. The normalized spacial score (nSPS) is 19.4. The Morgan fingerprint density at radius 3 is 2.45 bits per heavy atom. The van der Waals surface area contributed by atoms with Crippen LogP contribution < -0.4 is 10.6 Å². The Morgan fingerprint density at radius 2 is 1.75 bits per heavy atom. The third-order valence-corrected chi connectivity index (χ3v) is 3.41. The van der Waals surface area contributed by atoms with Crippen molar-refractivity contribution in [1.82, 2.24) is 0 Å². The summed E-state index contributed by atoms with van der Waals surface area (Å²) in [4.78, 5) is 0. The summed E-state index contributed by atoms with van der Waals surface area (Å²) in [5.41, 5.74) is 1.94. The lowest BCUT2D eigenvalue weighted by Gasteiger charge is -2.26. The molecular formula is C15H14N2O3. The van der Waals surface area contributed by atoms with E-state index in [0.717, 1.165) is 11.1 Å². The lowest BCUT2D eigenvalue weighted by molar-refractivity contribution is 0.452. The van der Waals surface area contributed by atoms with Gasteiger partial charge in [-0.2, -0.15) is 0 Å². The highest BCUT2D eigenvalue weighted by Crippen LogP contribution is 2.36.